The van der Waals surface area contributed by atoms with Gasteiger partial charge in [-0.1, -0.05) is 85.5 Å². The summed E-state index contributed by atoms with van der Waals surface area (Å²) < 4.78 is 0. The smallest absolute Gasteiger partial charge is 0.289 e. The lowest BCUT2D eigenvalue weighted by Crippen LogP contribution is -2.62. The first kappa shape index (κ1) is 43.1. The number of hydrogen-bond donors (Lipinski definition) is 5. The van der Waals surface area contributed by atoms with Crippen molar-refractivity contribution in [2.24, 2.45) is 23.2 Å². The Kier molecular flexibility index (Phi) is 14.2. The average molecular weight is 779 g/mol. The Morgan fingerprint density at radius 1 is 0.821 bits per heavy atom. The van der Waals surface area contributed by atoms with Crippen molar-refractivity contribution in [3.05, 3.63) is 22.5 Å². The number of hydrogen-bond acceptors (Lipinski definition) is 7. The molecule has 13 heteroatoms. The Morgan fingerprint density at radius 3 is 2.02 bits per heavy atom. The minimum atomic E-state index is -1.04. The second-order valence-electron chi connectivity index (χ2n) is 18.1. The first-order valence-electron chi connectivity index (χ1n) is 21.3. The first-order chi connectivity index (χ1) is 26.5. The van der Waals surface area contributed by atoms with Gasteiger partial charge in [-0.2, -0.15) is 0 Å². The molecule has 0 aromatic carbocycles. The lowest BCUT2D eigenvalue weighted by molar-refractivity contribution is -0.146. The van der Waals surface area contributed by atoms with Crippen LogP contribution in [0.4, 0.5) is 0 Å². The van der Waals surface area contributed by atoms with Gasteiger partial charge < -0.3 is 31.2 Å². The average Bonchev–Trinajstić information content (AvgIpc) is 3.77. The summed E-state index contributed by atoms with van der Waals surface area (Å²) in [6.45, 7) is 12.8. The highest BCUT2D eigenvalue weighted by molar-refractivity contribution is 6.38. The van der Waals surface area contributed by atoms with Crippen molar-refractivity contribution in [3.63, 3.8) is 0 Å². The van der Waals surface area contributed by atoms with E-state index in [0.717, 1.165) is 77.0 Å². The molecule has 5 N–H and O–H groups in total. The molecule has 5 atom stereocenters. The highest BCUT2D eigenvalue weighted by atomic mass is 16.2. The van der Waals surface area contributed by atoms with Crippen molar-refractivity contribution < 1.29 is 33.6 Å². The molecule has 1 aromatic heterocycles. The summed E-state index contributed by atoms with van der Waals surface area (Å²) in [5.74, 6) is -3.57. The number of aromatic amines is 1. The van der Waals surface area contributed by atoms with Crippen LogP contribution in [0.15, 0.2) is 0 Å². The lowest BCUT2D eigenvalue weighted by atomic mass is 9.76. The highest BCUT2D eigenvalue weighted by Gasteiger charge is 2.49. The molecule has 1 aromatic rings. The number of rotatable bonds is 15. The summed E-state index contributed by atoms with van der Waals surface area (Å²) in [7, 11) is 0. The van der Waals surface area contributed by atoms with E-state index >= 15 is 0 Å². The number of nitrogens with one attached hydrogen (secondary N) is 5. The Bertz CT molecular complexity index is 1650. The van der Waals surface area contributed by atoms with Crippen molar-refractivity contribution in [1.29, 1.82) is 0 Å². The molecule has 13 nitrogen and oxygen atoms in total. The summed E-state index contributed by atoms with van der Waals surface area (Å²) in [5, 5.41) is 11.7. The quantitative estimate of drug-likeness (QED) is 0.123. The van der Waals surface area contributed by atoms with Crippen molar-refractivity contribution >= 4 is 41.1 Å². The minimum Gasteiger partial charge on any atom is -0.354 e. The number of Topliss-reactive ketones (excluding diaryl/α,β-unsaturated/α-hetero) is 2. The minimum absolute atomic E-state index is 0.00138. The molecule has 2 heterocycles. The molecule has 5 rings (SSSR count). The third kappa shape index (κ3) is 10.1. The maximum absolute atomic E-state index is 14.9. The summed E-state index contributed by atoms with van der Waals surface area (Å²) in [6.07, 6.45) is 12.6. The van der Waals surface area contributed by atoms with Gasteiger partial charge in [-0.05, 0) is 88.0 Å². The molecular weight excluding hydrogens is 713 g/mol. The lowest BCUT2D eigenvalue weighted by Gasteiger charge is -2.39. The van der Waals surface area contributed by atoms with E-state index in [1.54, 1.807) is 18.7 Å². The van der Waals surface area contributed by atoms with E-state index in [0.29, 0.717) is 42.6 Å². The largest absolute Gasteiger partial charge is 0.354 e. The van der Waals surface area contributed by atoms with Gasteiger partial charge >= 0.3 is 0 Å². The van der Waals surface area contributed by atoms with Crippen LogP contribution >= 0.6 is 0 Å². The number of aromatic nitrogens is 1. The van der Waals surface area contributed by atoms with Crippen LogP contribution in [-0.2, 0) is 24.0 Å². The molecule has 1 unspecified atom stereocenters. The van der Waals surface area contributed by atoms with Crippen molar-refractivity contribution in [3.8, 4) is 0 Å². The van der Waals surface area contributed by atoms with Gasteiger partial charge in [-0.3, -0.25) is 33.6 Å². The van der Waals surface area contributed by atoms with E-state index < -0.39 is 64.9 Å². The van der Waals surface area contributed by atoms with Crippen LogP contribution in [0, 0.1) is 37.0 Å². The summed E-state index contributed by atoms with van der Waals surface area (Å²) in [5.41, 5.74) is 1.01. The molecule has 56 heavy (non-hydrogen) atoms. The maximum atomic E-state index is 14.9. The van der Waals surface area contributed by atoms with Crippen LogP contribution in [0.1, 0.15) is 163 Å². The fourth-order valence-corrected chi connectivity index (χ4v) is 9.37. The summed E-state index contributed by atoms with van der Waals surface area (Å²) >= 11 is 0. The van der Waals surface area contributed by atoms with Crippen molar-refractivity contribution in [2.45, 2.75) is 175 Å². The van der Waals surface area contributed by atoms with Gasteiger partial charge in [-0.15, -0.1) is 0 Å². The molecule has 1 saturated heterocycles. The predicted molar refractivity (Wildman–Crippen MR) is 213 cm³/mol. The Labute approximate surface area is 332 Å². The van der Waals surface area contributed by atoms with Gasteiger partial charge in [-0.25, -0.2) is 0 Å². The van der Waals surface area contributed by atoms with Crippen molar-refractivity contribution in [1.82, 2.24) is 31.2 Å². The van der Waals surface area contributed by atoms with E-state index in [4.69, 9.17) is 0 Å². The topological polar surface area (TPSA) is 187 Å². The molecule has 3 saturated carbocycles. The molecule has 3 aliphatic carbocycles. The second-order valence-corrected chi connectivity index (χ2v) is 18.1. The molecule has 4 aliphatic rings. The Morgan fingerprint density at radius 2 is 1.45 bits per heavy atom. The molecule has 0 radical (unpaired) electrons. The zero-order chi connectivity index (χ0) is 40.9. The number of carbonyl (C=O) groups excluding carboxylic acids is 7. The fourth-order valence-electron chi connectivity index (χ4n) is 9.37. The SMILES string of the molecule is CCC[C@H](NC(=O)[C@@H]1C(C2CCCCC2)CCN1C(=O)[C@@H](NC(=O)[C@@H](NC(=O)c1[nH]c(C)c(C)c1C(C)=O)C1CCCCC1)C(C)(C)C)C(=O)C(=O)NC1CC1. The number of nitrogens with zero attached hydrogens (tertiary/aromatic N) is 1. The highest BCUT2D eigenvalue weighted by Crippen LogP contribution is 2.40. The molecule has 310 valence electrons. The summed E-state index contributed by atoms with van der Waals surface area (Å²) in [4.78, 5) is 101. The van der Waals surface area contributed by atoms with Gasteiger partial charge in [0, 0.05) is 18.3 Å². The molecule has 0 bridgehead atoms. The molecule has 4 fully saturated rings. The Balaban J connectivity index is 1.41. The normalized spacial score (nSPS) is 22.4. The number of amides is 5. The number of likely N-dealkylation sites (tertiary alicyclic amines) is 1. The third-order valence-electron chi connectivity index (χ3n) is 12.8. The second kappa shape index (κ2) is 18.5. The van der Waals surface area contributed by atoms with E-state index in [2.05, 4.69) is 26.3 Å². The number of H-pyrrole nitrogens is 1. The van der Waals surface area contributed by atoms with Gasteiger partial charge in [0.15, 0.2) is 5.78 Å². The first-order valence-corrected chi connectivity index (χ1v) is 21.3. The number of aryl methyl sites for hydroxylation is 1. The third-order valence-corrected chi connectivity index (χ3v) is 12.8. The maximum Gasteiger partial charge on any atom is 0.289 e. The van der Waals surface area contributed by atoms with Crippen LogP contribution in [0.25, 0.3) is 0 Å². The molecule has 5 amide bonds. The number of ketones is 2. The van der Waals surface area contributed by atoms with Crippen LogP contribution in [0.2, 0.25) is 0 Å². The zero-order valence-electron chi connectivity index (χ0n) is 34.7. The Hall–Kier alpha value is -4.03. The van der Waals surface area contributed by atoms with Gasteiger partial charge in [0.25, 0.3) is 11.8 Å². The molecular formula is C43H66N6O7. The summed E-state index contributed by atoms with van der Waals surface area (Å²) in [6, 6.07) is -3.88. The number of carbonyl (C=O) groups is 7. The van der Waals surface area contributed by atoms with Gasteiger partial charge in [0.2, 0.25) is 23.5 Å². The van der Waals surface area contributed by atoms with Gasteiger partial charge in [0.1, 0.15) is 23.8 Å². The zero-order valence-corrected chi connectivity index (χ0v) is 34.7. The molecule has 1 aliphatic heterocycles. The van der Waals surface area contributed by atoms with Crippen LogP contribution in [-0.4, -0.2) is 87.7 Å². The standard InChI is InChI=1S/C43H66N6O7/c1-8-15-31(36(51)41(55)45-29-20-21-29)46-40(54)35-30(27-16-11-9-12-17-27)22-23-49(35)42(56)37(43(5,6)7)48-38(52)33(28-18-13-10-14-19-28)47-39(53)34-32(26(4)50)24(2)25(3)44-34/h27-31,33,35,37,44H,8-23H2,1-7H3,(H,45,55)(H,46,54)(H,47,53)(H,48,52)/t30?,31-,33-,35-,37+/m0/s1. The molecule has 0 spiro atoms. The van der Waals surface area contributed by atoms with Crippen molar-refractivity contribution in [2.75, 3.05) is 6.54 Å². The monoisotopic (exact) mass is 778 g/mol. The van der Waals surface area contributed by atoms with E-state index in [9.17, 15) is 33.6 Å². The fraction of sp³-hybridized carbons (Fsp3) is 0.744. The van der Waals surface area contributed by atoms with Gasteiger partial charge in [0.05, 0.1) is 11.6 Å². The van der Waals surface area contributed by atoms with Crippen LogP contribution in [0.5, 0.6) is 0 Å². The van der Waals surface area contributed by atoms with E-state index in [1.807, 2.05) is 27.7 Å². The van der Waals surface area contributed by atoms with E-state index in [1.165, 1.54) is 6.92 Å². The van der Waals surface area contributed by atoms with Crippen LogP contribution < -0.4 is 21.3 Å². The predicted octanol–water partition coefficient (Wildman–Crippen LogP) is 4.97. The van der Waals surface area contributed by atoms with Crippen LogP contribution in [0.3, 0.4) is 0 Å². The van der Waals surface area contributed by atoms with E-state index in [-0.39, 0.29) is 35.3 Å².